The van der Waals surface area contributed by atoms with Crippen LogP contribution in [0.3, 0.4) is 0 Å². The first kappa shape index (κ1) is 11.3. The summed E-state index contributed by atoms with van der Waals surface area (Å²) in [6, 6.07) is 15.9. The molecule has 0 aliphatic heterocycles. The Morgan fingerprint density at radius 1 is 0.688 bits per heavy atom. The molecular weight excluding hydrogens is 263 g/mol. The molecule has 1 nitrogen and oxygen atoms in total. The van der Waals surface area contributed by atoms with E-state index in [9.17, 15) is 3.83 Å². The summed E-state index contributed by atoms with van der Waals surface area (Å²) in [5.41, 5.74) is 2.40. The van der Waals surface area contributed by atoms with E-state index in [1.54, 1.807) is 0 Å². The molecule has 0 spiro atoms. The van der Waals surface area contributed by atoms with E-state index >= 15 is 0 Å². The molecule has 82 valence electrons. The summed E-state index contributed by atoms with van der Waals surface area (Å²) >= 11 is -2.07. The molecule has 0 amide bonds. The van der Waals surface area contributed by atoms with Crippen LogP contribution in [0.15, 0.2) is 48.5 Å². The van der Waals surface area contributed by atoms with E-state index in [4.69, 9.17) is 0 Å². The van der Waals surface area contributed by atoms with Gasteiger partial charge >= 0.3 is 100 Å². The molecule has 2 aromatic rings. The second-order valence-corrected chi connectivity index (χ2v) is 7.00. The molecule has 2 heteroatoms. The van der Waals surface area contributed by atoms with Gasteiger partial charge in [-0.25, -0.2) is 0 Å². The monoisotopic (exact) mass is 278 g/mol. The van der Waals surface area contributed by atoms with Crippen molar-refractivity contribution in [2.45, 2.75) is 13.8 Å². The fraction of sp³-hybridized carbons (Fsp3) is 0.143. The van der Waals surface area contributed by atoms with Crippen molar-refractivity contribution in [3.63, 3.8) is 0 Å². The van der Waals surface area contributed by atoms with E-state index in [0.717, 1.165) is 8.92 Å². The van der Waals surface area contributed by atoms with Crippen molar-refractivity contribution in [2.24, 2.45) is 0 Å². The summed E-state index contributed by atoms with van der Waals surface area (Å²) in [5, 5.41) is 0. The summed E-state index contributed by atoms with van der Waals surface area (Å²) in [7, 11) is 0. The first-order valence-corrected chi connectivity index (χ1v) is 7.63. The summed E-state index contributed by atoms with van der Waals surface area (Å²) < 4.78 is 14.2. The zero-order valence-corrected chi connectivity index (χ0v) is 11.1. The van der Waals surface area contributed by atoms with Crippen LogP contribution in [0.1, 0.15) is 11.1 Å². The van der Waals surface area contributed by atoms with Crippen LogP contribution in [-0.2, 0) is 3.83 Å². The molecule has 0 atom stereocenters. The van der Waals surface area contributed by atoms with Gasteiger partial charge in [0.25, 0.3) is 0 Å². The van der Waals surface area contributed by atoms with Crippen LogP contribution in [0.2, 0.25) is 0 Å². The van der Waals surface area contributed by atoms with Gasteiger partial charge in [0.05, 0.1) is 0 Å². The molecule has 16 heavy (non-hydrogen) atoms. The van der Waals surface area contributed by atoms with Crippen LogP contribution in [0.4, 0.5) is 0 Å². The predicted octanol–water partition coefficient (Wildman–Crippen LogP) is 1.84. The number of hydrogen-bond donors (Lipinski definition) is 0. The van der Waals surface area contributed by atoms with E-state index < -0.39 is 13.8 Å². The van der Waals surface area contributed by atoms with E-state index in [1.165, 1.54) is 11.1 Å². The van der Waals surface area contributed by atoms with Gasteiger partial charge in [-0.15, -0.1) is 0 Å². The van der Waals surface area contributed by atoms with Crippen molar-refractivity contribution in [3.05, 3.63) is 59.7 Å². The molecule has 2 rings (SSSR count). The quantitative estimate of drug-likeness (QED) is 0.766. The van der Waals surface area contributed by atoms with E-state index in [2.05, 4.69) is 0 Å². The summed E-state index contributed by atoms with van der Waals surface area (Å²) in [6.07, 6.45) is 0. The predicted molar refractivity (Wildman–Crippen MR) is 68.1 cm³/mol. The Balaban J connectivity index is 2.32. The zero-order chi connectivity index (χ0) is 11.5. The number of benzene rings is 2. The molecule has 0 aliphatic carbocycles. The Kier molecular flexibility index (Phi) is 3.33. The average molecular weight is 277 g/mol. The van der Waals surface area contributed by atoms with Gasteiger partial charge in [-0.05, 0) is 0 Å². The van der Waals surface area contributed by atoms with Gasteiger partial charge < -0.3 is 0 Å². The van der Waals surface area contributed by atoms with Crippen LogP contribution >= 0.6 is 0 Å². The SMILES string of the molecule is Cc1ccc([Se](=O)c2ccc(C)cc2)cc1. The van der Waals surface area contributed by atoms with Crippen molar-refractivity contribution in [3.8, 4) is 0 Å². The Bertz CT molecular complexity index is 450. The van der Waals surface area contributed by atoms with Gasteiger partial charge in [0.2, 0.25) is 0 Å². The third kappa shape index (κ3) is 2.46. The Hall–Kier alpha value is -1.24. The molecule has 0 N–H and O–H groups in total. The van der Waals surface area contributed by atoms with Crippen LogP contribution in [0.25, 0.3) is 0 Å². The minimum atomic E-state index is -2.07. The van der Waals surface area contributed by atoms with Gasteiger partial charge in [-0.3, -0.25) is 0 Å². The third-order valence-corrected chi connectivity index (χ3v) is 5.41. The molecule has 0 saturated heterocycles. The van der Waals surface area contributed by atoms with E-state index in [1.807, 2.05) is 62.4 Å². The molecule has 0 unspecified atom stereocenters. The molecule has 2 aromatic carbocycles. The summed E-state index contributed by atoms with van der Waals surface area (Å²) in [5.74, 6) is 0. The Morgan fingerprint density at radius 3 is 1.31 bits per heavy atom. The fourth-order valence-electron chi connectivity index (χ4n) is 1.46. The molecule has 0 heterocycles. The Morgan fingerprint density at radius 2 is 1.00 bits per heavy atom. The third-order valence-electron chi connectivity index (χ3n) is 2.47. The van der Waals surface area contributed by atoms with Gasteiger partial charge in [0.1, 0.15) is 0 Å². The average Bonchev–Trinajstić information content (AvgIpc) is 2.30. The molecule has 0 saturated carbocycles. The molecule has 0 aliphatic rings. The van der Waals surface area contributed by atoms with Crippen LogP contribution in [-0.4, -0.2) is 13.8 Å². The molecule has 0 bridgehead atoms. The van der Waals surface area contributed by atoms with Crippen molar-refractivity contribution < 1.29 is 3.83 Å². The van der Waals surface area contributed by atoms with E-state index in [0.29, 0.717) is 0 Å². The zero-order valence-electron chi connectivity index (χ0n) is 9.44. The standard InChI is InChI=1S/C14H14OSe/c1-11-3-7-13(8-4-11)16(15)14-9-5-12(2)6-10-14/h3-10H,1-2H3. The Labute approximate surface area is 100 Å². The van der Waals surface area contributed by atoms with Crippen molar-refractivity contribution >= 4 is 22.8 Å². The fourth-order valence-corrected chi connectivity index (χ4v) is 3.64. The molecule has 0 radical (unpaired) electrons. The minimum absolute atomic E-state index is 0.953. The van der Waals surface area contributed by atoms with Crippen molar-refractivity contribution in [2.75, 3.05) is 0 Å². The van der Waals surface area contributed by atoms with Crippen LogP contribution in [0.5, 0.6) is 0 Å². The van der Waals surface area contributed by atoms with Crippen molar-refractivity contribution in [1.82, 2.24) is 0 Å². The number of rotatable bonds is 2. The maximum absolute atomic E-state index is 12.3. The van der Waals surface area contributed by atoms with Crippen molar-refractivity contribution in [1.29, 1.82) is 0 Å². The van der Waals surface area contributed by atoms with Gasteiger partial charge in [-0.2, -0.15) is 0 Å². The van der Waals surface area contributed by atoms with Gasteiger partial charge in [0, 0.05) is 0 Å². The second kappa shape index (κ2) is 4.73. The van der Waals surface area contributed by atoms with Gasteiger partial charge in [0.15, 0.2) is 0 Å². The van der Waals surface area contributed by atoms with Crippen LogP contribution in [0, 0.1) is 13.8 Å². The van der Waals surface area contributed by atoms with E-state index in [-0.39, 0.29) is 0 Å². The number of hydrogen-bond acceptors (Lipinski definition) is 1. The molecular formula is C14H14OSe. The molecule has 0 aromatic heterocycles. The number of aryl methyl sites for hydroxylation is 2. The maximum atomic E-state index is 12.3. The topological polar surface area (TPSA) is 17.1 Å². The normalized spacial score (nSPS) is 10.7. The summed E-state index contributed by atoms with van der Waals surface area (Å²) in [6.45, 7) is 4.07. The second-order valence-electron chi connectivity index (χ2n) is 3.89. The summed E-state index contributed by atoms with van der Waals surface area (Å²) in [4.78, 5) is 0. The first-order valence-electron chi connectivity index (χ1n) is 5.22. The molecule has 0 fully saturated rings. The first-order chi connectivity index (χ1) is 7.66. The van der Waals surface area contributed by atoms with Crippen LogP contribution < -0.4 is 8.92 Å². The van der Waals surface area contributed by atoms with Gasteiger partial charge in [-0.1, -0.05) is 0 Å².